The molecule has 4 aliphatic rings. The maximum Gasteiger partial charge on any atom is 0.416 e. The van der Waals surface area contributed by atoms with Crippen LogP contribution in [-0.2, 0) is 36.9 Å². The molecular weight excluding hydrogens is 776 g/mol. The molecule has 2 heterocycles. The van der Waals surface area contributed by atoms with Gasteiger partial charge in [0.05, 0.1) is 45.7 Å². The third-order valence-corrected chi connectivity index (χ3v) is 12.5. The molecular formula is C45H33F6N3O5. The molecule has 0 aromatic heterocycles. The van der Waals surface area contributed by atoms with E-state index in [1.807, 2.05) is 6.92 Å². The van der Waals surface area contributed by atoms with Gasteiger partial charge >= 0.3 is 12.4 Å². The lowest BCUT2D eigenvalue weighted by molar-refractivity contribution is -0.143. The zero-order valence-electron chi connectivity index (χ0n) is 31.0. The number of hydrogen-bond donors (Lipinski definition) is 2. The van der Waals surface area contributed by atoms with E-state index in [-0.39, 0.29) is 30.2 Å². The van der Waals surface area contributed by atoms with Gasteiger partial charge in [-0.3, -0.25) is 24.6 Å². The van der Waals surface area contributed by atoms with Crippen molar-refractivity contribution >= 4 is 45.8 Å². The lowest BCUT2D eigenvalue weighted by Crippen LogP contribution is -2.53. The molecule has 2 N–H and O–H groups in total. The highest BCUT2D eigenvalue weighted by atomic mass is 19.4. The van der Waals surface area contributed by atoms with Crippen LogP contribution in [0.5, 0.6) is 5.75 Å². The highest BCUT2D eigenvalue weighted by Crippen LogP contribution is 2.65. The summed E-state index contributed by atoms with van der Waals surface area (Å²) in [6.07, 6.45) is -9.14. The van der Waals surface area contributed by atoms with Gasteiger partial charge in [-0.2, -0.15) is 31.4 Å². The molecule has 59 heavy (non-hydrogen) atoms. The van der Waals surface area contributed by atoms with Crippen LogP contribution in [-0.4, -0.2) is 33.7 Å². The Morgan fingerprint density at radius 3 is 2.03 bits per heavy atom. The molecule has 14 heteroatoms. The first-order valence-electron chi connectivity index (χ1n) is 18.9. The lowest BCUT2D eigenvalue weighted by Gasteiger charge is -2.50. The number of aryl methyl sites for hydroxylation is 1. The Hall–Kier alpha value is -6.44. The molecule has 0 spiro atoms. The van der Waals surface area contributed by atoms with Gasteiger partial charge in [0.1, 0.15) is 5.75 Å². The van der Waals surface area contributed by atoms with E-state index < -0.39 is 87.8 Å². The zero-order chi connectivity index (χ0) is 41.8. The predicted molar refractivity (Wildman–Crippen MR) is 203 cm³/mol. The summed E-state index contributed by atoms with van der Waals surface area (Å²) >= 11 is 0. The van der Waals surface area contributed by atoms with Crippen LogP contribution >= 0.6 is 0 Å². The summed E-state index contributed by atoms with van der Waals surface area (Å²) in [5.41, 5.74) is -0.529. The number of nitrogens with one attached hydrogen (secondary N) is 1. The van der Waals surface area contributed by atoms with Crippen molar-refractivity contribution in [2.24, 2.45) is 23.7 Å². The molecule has 6 unspecified atom stereocenters. The van der Waals surface area contributed by atoms with E-state index in [9.17, 15) is 45.8 Å². The van der Waals surface area contributed by atoms with Crippen molar-refractivity contribution in [3.8, 4) is 5.75 Å². The molecule has 4 amide bonds. The van der Waals surface area contributed by atoms with Crippen molar-refractivity contribution in [3.05, 3.63) is 149 Å². The van der Waals surface area contributed by atoms with Crippen LogP contribution < -0.4 is 10.3 Å². The molecule has 0 bridgehead atoms. The molecule has 9 rings (SSSR count). The third-order valence-electron chi connectivity index (χ3n) is 12.5. The second kappa shape index (κ2) is 13.3. The average Bonchev–Trinajstić information content (AvgIpc) is 3.59. The fourth-order valence-corrected chi connectivity index (χ4v) is 9.92. The molecule has 300 valence electrons. The number of fused-ring (bicyclic) bond motifs is 5. The van der Waals surface area contributed by atoms with Crippen molar-refractivity contribution in [2.45, 2.75) is 43.5 Å². The minimum atomic E-state index is -5.24. The number of nitrogens with zero attached hydrogens (tertiary/aromatic N) is 2. The Morgan fingerprint density at radius 2 is 1.37 bits per heavy atom. The molecule has 0 radical (unpaired) electrons. The van der Waals surface area contributed by atoms with Crippen molar-refractivity contribution in [2.75, 3.05) is 10.3 Å². The number of hydrogen-bond acceptors (Lipinski definition) is 6. The van der Waals surface area contributed by atoms with Crippen LogP contribution in [0.15, 0.2) is 121 Å². The topological polar surface area (TPSA) is 107 Å². The number of imide groups is 2. The van der Waals surface area contributed by atoms with E-state index >= 15 is 4.79 Å². The number of hydrazine groups is 1. The van der Waals surface area contributed by atoms with Crippen molar-refractivity contribution < 1.29 is 50.6 Å². The maximum absolute atomic E-state index is 15.4. The summed E-state index contributed by atoms with van der Waals surface area (Å²) in [7, 11) is 0. The Balaban J connectivity index is 1.24. The monoisotopic (exact) mass is 809 g/mol. The van der Waals surface area contributed by atoms with Crippen LogP contribution in [0, 0.1) is 30.6 Å². The molecule has 2 saturated heterocycles. The number of carbonyl (C=O) groups excluding carboxylic acids is 4. The number of allylic oxidation sites excluding steroid dienone is 2. The van der Waals surface area contributed by atoms with Crippen molar-refractivity contribution in [1.82, 2.24) is 5.01 Å². The molecule has 6 atom stereocenters. The van der Waals surface area contributed by atoms with E-state index in [4.69, 9.17) is 0 Å². The van der Waals surface area contributed by atoms with Gasteiger partial charge in [-0.05, 0) is 67.0 Å². The van der Waals surface area contributed by atoms with Gasteiger partial charge < -0.3 is 5.11 Å². The third kappa shape index (κ3) is 5.74. The number of aromatic hydroxyl groups is 1. The number of carbonyl (C=O) groups is 4. The second-order valence-electron chi connectivity index (χ2n) is 15.6. The van der Waals surface area contributed by atoms with Crippen molar-refractivity contribution in [1.29, 1.82) is 0 Å². The molecule has 5 aromatic rings. The van der Waals surface area contributed by atoms with Gasteiger partial charge in [0.2, 0.25) is 11.8 Å². The van der Waals surface area contributed by atoms with E-state index in [0.29, 0.717) is 44.6 Å². The first-order chi connectivity index (χ1) is 28.0. The minimum absolute atomic E-state index is 0.0781. The number of alkyl halides is 6. The van der Waals surface area contributed by atoms with Gasteiger partial charge in [0.15, 0.2) is 0 Å². The Morgan fingerprint density at radius 1 is 0.729 bits per heavy atom. The Kier molecular flexibility index (Phi) is 8.59. The number of phenolic OH excluding ortho intramolecular Hbond substituents is 1. The number of benzene rings is 5. The largest absolute Gasteiger partial charge is 0.507 e. The van der Waals surface area contributed by atoms with Crippen LogP contribution in [0.4, 0.5) is 37.7 Å². The molecule has 2 aliphatic heterocycles. The van der Waals surface area contributed by atoms with Gasteiger partial charge in [-0.1, -0.05) is 96.1 Å². The Bertz CT molecular complexity index is 2590. The predicted octanol–water partition coefficient (Wildman–Crippen LogP) is 9.08. The highest BCUT2D eigenvalue weighted by Gasteiger charge is 2.70. The Labute approximate surface area is 332 Å². The number of amides is 4. The molecule has 8 nitrogen and oxygen atoms in total. The second-order valence-corrected chi connectivity index (χ2v) is 15.6. The van der Waals surface area contributed by atoms with Crippen LogP contribution in [0.3, 0.4) is 0 Å². The van der Waals surface area contributed by atoms with Gasteiger partial charge in [0, 0.05) is 16.9 Å². The van der Waals surface area contributed by atoms with Crippen molar-refractivity contribution in [3.63, 3.8) is 0 Å². The summed E-state index contributed by atoms with van der Waals surface area (Å²) in [6.45, 7) is 1.87. The summed E-state index contributed by atoms with van der Waals surface area (Å²) in [4.78, 5) is 59.5. The fourth-order valence-electron chi connectivity index (χ4n) is 9.92. The summed E-state index contributed by atoms with van der Waals surface area (Å²) in [5.74, 6) is -9.39. The van der Waals surface area contributed by atoms with E-state index in [2.05, 4.69) is 5.43 Å². The van der Waals surface area contributed by atoms with E-state index in [0.717, 1.165) is 10.6 Å². The number of phenols is 1. The standard InChI is InChI=1S/C45H33F6N3O5/c1-23-11-14-28(15-12-23)52-54-40(57)35-22-34-31(17-18-32-36(34)41(58)53(39(32)56)29-20-26(44(46,47)48)19-27(21-29)45(49,50)51)37(43(35,42(54)59)25-8-3-2-4-9-25)33-16-13-24-7-5-6-10-30(24)38(33)55/h2-17,19-21,32,34-37,52,55H,18,22H2,1H3. The quantitative estimate of drug-likeness (QED) is 0.104. The van der Waals surface area contributed by atoms with Crippen LogP contribution in [0.1, 0.15) is 46.6 Å². The van der Waals surface area contributed by atoms with Gasteiger partial charge in [-0.25, -0.2) is 4.90 Å². The zero-order valence-corrected chi connectivity index (χ0v) is 31.0. The maximum atomic E-state index is 15.4. The average molecular weight is 810 g/mol. The van der Waals surface area contributed by atoms with E-state index in [1.54, 1.807) is 97.1 Å². The lowest BCUT2D eigenvalue weighted by atomic mass is 9.49. The first-order valence-corrected chi connectivity index (χ1v) is 18.9. The fraction of sp³-hybridized carbons (Fsp3) is 0.244. The van der Waals surface area contributed by atoms with Crippen LogP contribution in [0.25, 0.3) is 10.8 Å². The summed E-state index contributed by atoms with van der Waals surface area (Å²) in [6, 6.07) is 26.6. The molecule has 1 saturated carbocycles. The summed E-state index contributed by atoms with van der Waals surface area (Å²) in [5, 5.41) is 14.2. The normalized spacial score (nSPS) is 25.5. The molecule has 5 aromatic carbocycles. The SMILES string of the molecule is Cc1ccc(NN2C(=O)C3CC4C(=CCC5C(=O)N(c6cc(C(F)(F)F)cc(C(F)(F)F)c6)C(=O)C54)C(c4ccc5ccccc5c4O)C3(c3ccccc3)C2=O)cc1. The van der Waals surface area contributed by atoms with E-state index in [1.165, 1.54) is 0 Å². The highest BCUT2D eigenvalue weighted by molar-refractivity contribution is 6.22. The summed E-state index contributed by atoms with van der Waals surface area (Å²) < 4.78 is 83.8. The number of anilines is 2. The van der Waals surface area contributed by atoms with Gasteiger partial charge in [-0.15, -0.1) is 0 Å². The first kappa shape index (κ1) is 38.1. The molecule has 2 aliphatic carbocycles. The van der Waals surface area contributed by atoms with Crippen LogP contribution in [0.2, 0.25) is 0 Å². The minimum Gasteiger partial charge on any atom is -0.507 e. The smallest absolute Gasteiger partial charge is 0.416 e. The number of rotatable bonds is 5. The number of halogens is 6. The van der Waals surface area contributed by atoms with Gasteiger partial charge in [0.25, 0.3) is 11.8 Å². The molecule has 3 fully saturated rings.